The third-order valence-corrected chi connectivity index (χ3v) is 3.92. The first-order chi connectivity index (χ1) is 8.56. The Kier molecular flexibility index (Phi) is 4.54. The fraction of sp³-hybridized carbons (Fsp3) is 0.143. The van der Waals surface area contributed by atoms with E-state index in [1.807, 2.05) is 24.3 Å². The summed E-state index contributed by atoms with van der Waals surface area (Å²) in [5.41, 5.74) is 8.08. The van der Waals surface area contributed by atoms with Crippen molar-refractivity contribution in [2.45, 2.75) is 12.5 Å². The standard InChI is InChI=1S/C14H12Br2FN/c15-10-4-5-13(16)12(8-10)14(18)7-9-2-1-3-11(17)6-9/h1-6,8,14H,7,18H2. The first-order valence-electron chi connectivity index (χ1n) is 5.51. The Labute approximate surface area is 122 Å². The zero-order valence-corrected chi connectivity index (χ0v) is 12.7. The summed E-state index contributed by atoms with van der Waals surface area (Å²) in [6, 6.07) is 12.2. The maximum Gasteiger partial charge on any atom is 0.123 e. The summed E-state index contributed by atoms with van der Waals surface area (Å²) in [7, 11) is 0. The molecular weight excluding hydrogens is 361 g/mol. The minimum atomic E-state index is -0.229. The molecule has 0 heterocycles. The van der Waals surface area contributed by atoms with E-state index in [1.54, 1.807) is 6.07 Å². The molecule has 0 saturated carbocycles. The fourth-order valence-electron chi connectivity index (χ4n) is 1.83. The molecular formula is C14H12Br2FN. The lowest BCUT2D eigenvalue weighted by Gasteiger charge is -2.14. The van der Waals surface area contributed by atoms with E-state index in [0.717, 1.165) is 20.1 Å². The molecule has 0 aliphatic carbocycles. The highest BCUT2D eigenvalue weighted by Crippen LogP contribution is 2.27. The van der Waals surface area contributed by atoms with E-state index in [2.05, 4.69) is 31.9 Å². The van der Waals surface area contributed by atoms with Crippen LogP contribution < -0.4 is 5.73 Å². The van der Waals surface area contributed by atoms with Crippen molar-refractivity contribution >= 4 is 31.9 Å². The maximum absolute atomic E-state index is 13.1. The van der Waals surface area contributed by atoms with Crippen LogP contribution in [0, 0.1) is 5.82 Å². The average Bonchev–Trinajstić information content (AvgIpc) is 2.32. The molecule has 0 radical (unpaired) electrons. The summed E-state index contributed by atoms with van der Waals surface area (Å²) in [6.07, 6.45) is 0.604. The van der Waals surface area contributed by atoms with Gasteiger partial charge in [0.05, 0.1) is 0 Å². The Morgan fingerprint density at radius 2 is 1.89 bits per heavy atom. The summed E-state index contributed by atoms with van der Waals surface area (Å²) < 4.78 is 15.1. The monoisotopic (exact) mass is 371 g/mol. The maximum atomic E-state index is 13.1. The minimum absolute atomic E-state index is 0.168. The van der Waals surface area contributed by atoms with E-state index < -0.39 is 0 Å². The van der Waals surface area contributed by atoms with E-state index in [-0.39, 0.29) is 11.9 Å². The molecule has 0 aliphatic heterocycles. The second kappa shape index (κ2) is 5.95. The Morgan fingerprint density at radius 1 is 1.11 bits per heavy atom. The van der Waals surface area contributed by atoms with Gasteiger partial charge in [-0.3, -0.25) is 0 Å². The average molecular weight is 373 g/mol. The minimum Gasteiger partial charge on any atom is -0.324 e. The molecule has 2 aromatic carbocycles. The Hall–Kier alpha value is -0.710. The summed E-state index contributed by atoms with van der Waals surface area (Å²) in [5.74, 6) is -0.229. The number of halogens is 3. The summed E-state index contributed by atoms with van der Waals surface area (Å²) in [4.78, 5) is 0. The number of rotatable bonds is 3. The lowest BCUT2D eigenvalue weighted by atomic mass is 10.00. The molecule has 0 fully saturated rings. The summed E-state index contributed by atoms with van der Waals surface area (Å²) >= 11 is 6.91. The van der Waals surface area contributed by atoms with E-state index in [1.165, 1.54) is 12.1 Å². The zero-order chi connectivity index (χ0) is 13.1. The van der Waals surface area contributed by atoms with Gasteiger partial charge in [0, 0.05) is 15.0 Å². The predicted octanol–water partition coefficient (Wildman–Crippen LogP) is 4.59. The SMILES string of the molecule is NC(Cc1cccc(F)c1)c1cc(Br)ccc1Br. The van der Waals surface area contributed by atoms with Crippen molar-refractivity contribution in [3.63, 3.8) is 0 Å². The third-order valence-electron chi connectivity index (χ3n) is 2.70. The van der Waals surface area contributed by atoms with Gasteiger partial charge in [-0.25, -0.2) is 4.39 Å². The molecule has 94 valence electrons. The van der Waals surface area contributed by atoms with Crippen molar-refractivity contribution in [3.8, 4) is 0 Å². The van der Waals surface area contributed by atoms with Crippen LogP contribution in [0.15, 0.2) is 51.4 Å². The van der Waals surface area contributed by atoms with Crippen LogP contribution in [0.3, 0.4) is 0 Å². The zero-order valence-electron chi connectivity index (χ0n) is 9.54. The van der Waals surface area contributed by atoms with Gasteiger partial charge in [-0.15, -0.1) is 0 Å². The van der Waals surface area contributed by atoms with E-state index in [4.69, 9.17) is 5.73 Å². The first-order valence-corrected chi connectivity index (χ1v) is 7.10. The number of benzene rings is 2. The molecule has 2 rings (SSSR count). The largest absolute Gasteiger partial charge is 0.324 e. The lowest BCUT2D eigenvalue weighted by molar-refractivity contribution is 0.622. The highest BCUT2D eigenvalue weighted by molar-refractivity contribution is 9.11. The first kappa shape index (κ1) is 13.7. The Bertz CT molecular complexity index is 557. The number of nitrogens with two attached hydrogens (primary N) is 1. The molecule has 0 amide bonds. The van der Waals surface area contributed by atoms with Crippen molar-refractivity contribution in [3.05, 3.63) is 68.4 Å². The van der Waals surface area contributed by atoms with Crippen molar-refractivity contribution in [1.29, 1.82) is 0 Å². The topological polar surface area (TPSA) is 26.0 Å². The molecule has 2 aromatic rings. The molecule has 0 aliphatic rings. The number of hydrogen-bond donors (Lipinski definition) is 1. The highest BCUT2D eigenvalue weighted by Gasteiger charge is 2.11. The van der Waals surface area contributed by atoms with Gasteiger partial charge in [0.15, 0.2) is 0 Å². The van der Waals surface area contributed by atoms with E-state index >= 15 is 0 Å². The van der Waals surface area contributed by atoms with Gasteiger partial charge < -0.3 is 5.73 Å². The van der Waals surface area contributed by atoms with Crippen molar-refractivity contribution in [2.24, 2.45) is 5.73 Å². The van der Waals surface area contributed by atoms with Gasteiger partial charge in [0.2, 0.25) is 0 Å². The van der Waals surface area contributed by atoms with Crippen LogP contribution >= 0.6 is 31.9 Å². The van der Waals surface area contributed by atoms with E-state index in [0.29, 0.717) is 6.42 Å². The Balaban J connectivity index is 2.21. The molecule has 18 heavy (non-hydrogen) atoms. The summed E-state index contributed by atoms with van der Waals surface area (Å²) in [5, 5.41) is 0. The molecule has 0 aromatic heterocycles. The van der Waals surface area contributed by atoms with Crippen LogP contribution in [-0.2, 0) is 6.42 Å². The fourth-order valence-corrected chi connectivity index (χ4v) is 2.75. The van der Waals surface area contributed by atoms with Gasteiger partial charge in [-0.05, 0) is 47.9 Å². The molecule has 1 unspecified atom stereocenters. The Morgan fingerprint density at radius 3 is 2.61 bits per heavy atom. The van der Waals surface area contributed by atoms with Crippen LogP contribution in [0.25, 0.3) is 0 Å². The highest BCUT2D eigenvalue weighted by atomic mass is 79.9. The van der Waals surface area contributed by atoms with Gasteiger partial charge >= 0.3 is 0 Å². The molecule has 1 atom stereocenters. The van der Waals surface area contributed by atoms with Crippen LogP contribution in [-0.4, -0.2) is 0 Å². The molecule has 0 saturated heterocycles. The lowest BCUT2D eigenvalue weighted by Crippen LogP contribution is -2.14. The van der Waals surface area contributed by atoms with Crippen LogP contribution in [0.5, 0.6) is 0 Å². The van der Waals surface area contributed by atoms with Gasteiger partial charge in [0.25, 0.3) is 0 Å². The second-order valence-corrected chi connectivity index (χ2v) is 5.88. The quantitative estimate of drug-likeness (QED) is 0.837. The smallest absolute Gasteiger partial charge is 0.123 e. The molecule has 0 spiro atoms. The molecule has 1 nitrogen and oxygen atoms in total. The van der Waals surface area contributed by atoms with E-state index in [9.17, 15) is 4.39 Å². The normalized spacial score (nSPS) is 12.4. The number of hydrogen-bond acceptors (Lipinski definition) is 1. The third kappa shape index (κ3) is 3.40. The summed E-state index contributed by atoms with van der Waals surface area (Å²) in [6.45, 7) is 0. The molecule has 2 N–H and O–H groups in total. The van der Waals surface area contributed by atoms with Crippen molar-refractivity contribution < 1.29 is 4.39 Å². The van der Waals surface area contributed by atoms with Crippen LogP contribution in [0.2, 0.25) is 0 Å². The van der Waals surface area contributed by atoms with Crippen molar-refractivity contribution in [2.75, 3.05) is 0 Å². The molecule has 0 bridgehead atoms. The van der Waals surface area contributed by atoms with Gasteiger partial charge in [0.1, 0.15) is 5.82 Å². The van der Waals surface area contributed by atoms with Gasteiger partial charge in [-0.2, -0.15) is 0 Å². The molecule has 4 heteroatoms. The van der Waals surface area contributed by atoms with Gasteiger partial charge in [-0.1, -0.05) is 44.0 Å². The van der Waals surface area contributed by atoms with Crippen molar-refractivity contribution in [1.82, 2.24) is 0 Å². The van der Waals surface area contributed by atoms with Crippen LogP contribution in [0.4, 0.5) is 4.39 Å². The second-order valence-electron chi connectivity index (χ2n) is 4.11. The van der Waals surface area contributed by atoms with Crippen LogP contribution in [0.1, 0.15) is 17.2 Å². The predicted molar refractivity (Wildman–Crippen MR) is 78.9 cm³/mol.